The summed E-state index contributed by atoms with van der Waals surface area (Å²) in [4.78, 5) is 29.3. The van der Waals surface area contributed by atoms with E-state index in [1.807, 2.05) is 182 Å². The molecule has 10 aromatic carbocycles. The molecule has 6 nitrogen and oxygen atoms in total. The molecule has 0 spiro atoms. The molecule has 0 bridgehead atoms. The summed E-state index contributed by atoms with van der Waals surface area (Å²) in [6.45, 7) is 0. The molecule has 0 atom stereocenters. The quantitative estimate of drug-likeness (QED) is 0.0953. The van der Waals surface area contributed by atoms with Gasteiger partial charge in [0.25, 0.3) is 0 Å². The van der Waals surface area contributed by atoms with Crippen LogP contribution in [0.15, 0.2) is 218 Å². The van der Waals surface area contributed by atoms with Crippen molar-refractivity contribution in [1.82, 2.24) is 0 Å². The van der Waals surface area contributed by atoms with Gasteiger partial charge in [-0.25, -0.2) is 9.59 Å². The van der Waals surface area contributed by atoms with Crippen molar-refractivity contribution in [3.05, 3.63) is 230 Å². The fraction of sp³-hybridized carbons (Fsp3) is 0.0333. The third-order valence-electron chi connectivity index (χ3n) is 11.9. The summed E-state index contributed by atoms with van der Waals surface area (Å²) < 4.78 is 24.2. The molecule has 10 rings (SSSR count). The van der Waals surface area contributed by atoms with Crippen LogP contribution in [0.1, 0.15) is 20.7 Å². The van der Waals surface area contributed by atoms with Crippen LogP contribution >= 0.6 is 0 Å². The predicted molar refractivity (Wildman–Crippen MR) is 265 cm³/mol. The van der Waals surface area contributed by atoms with Crippen LogP contribution in [0, 0.1) is 6.15 Å². The van der Waals surface area contributed by atoms with Gasteiger partial charge < -0.3 is 18.9 Å². The van der Waals surface area contributed by atoms with E-state index in [-0.39, 0.29) is 6.15 Å². The van der Waals surface area contributed by atoms with Crippen molar-refractivity contribution in [2.75, 3.05) is 14.2 Å². The number of carbonyl (C=O) groups is 2. The van der Waals surface area contributed by atoms with Gasteiger partial charge in [0.1, 0.15) is 23.0 Å². The average Bonchev–Trinajstić information content (AvgIpc) is 3.39. The van der Waals surface area contributed by atoms with E-state index in [2.05, 4.69) is 12.1 Å². The van der Waals surface area contributed by atoms with E-state index in [1.165, 1.54) is 0 Å². The van der Waals surface area contributed by atoms with Gasteiger partial charge in [-0.2, -0.15) is 0 Å². The van der Waals surface area contributed by atoms with Crippen LogP contribution in [0.3, 0.4) is 0 Å². The smallest absolute Gasteiger partial charge is 0.343 e. The van der Waals surface area contributed by atoms with Crippen LogP contribution in [0.5, 0.6) is 23.0 Å². The molecular formula is C60H42HeO6. The minimum Gasteiger partial charge on any atom is -0.497 e. The van der Waals surface area contributed by atoms with Crippen LogP contribution in [-0.4, -0.2) is 26.2 Å². The van der Waals surface area contributed by atoms with Gasteiger partial charge >= 0.3 is 11.9 Å². The summed E-state index contributed by atoms with van der Waals surface area (Å²) in [5.74, 6) is 1.13. The predicted octanol–water partition coefficient (Wildman–Crippen LogP) is 14.8. The topological polar surface area (TPSA) is 71.1 Å². The van der Waals surface area contributed by atoms with E-state index in [1.54, 1.807) is 38.5 Å². The average molecular weight is 863 g/mol. The van der Waals surface area contributed by atoms with Crippen LogP contribution in [-0.2, 0) is 0 Å². The number of fused-ring (bicyclic) bond motifs is 2. The first kappa shape index (κ1) is 43.4. The van der Waals surface area contributed by atoms with E-state index in [4.69, 9.17) is 18.9 Å². The molecule has 0 aliphatic rings. The van der Waals surface area contributed by atoms with Gasteiger partial charge in [0.2, 0.25) is 0 Å². The Morgan fingerprint density at radius 3 is 1.00 bits per heavy atom. The molecule has 0 radical (unpaired) electrons. The fourth-order valence-corrected chi connectivity index (χ4v) is 8.50. The van der Waals surface area contributed by atoms with Crippen LogP contribution in [0.4, 0.5) is 0 Å². The second-order valence-electron chi connectivity index (χ2n) is 15.8. The van der Waals surface area contributed by atoms with Crippen molar-refractivity contribution in [3.63, 3.8) is 0 Å². The number of methoxy groups -OCH3 is 2. The second kappa shape index (κ2) is 19.1. The van der Waals surface area contributed by atoms with E-state index < -0.39 is 11.9 Å². The van der Waals surface area contributed by atoms with Crippen molar-refractivity contribution >= 4 is 33.5 Å². The Morgan fingerprint density at radius 1 is 0.343 bits per heavy atom. The number of rotatable bonds is 11. The standard InChI is InChI=1S/C60H42O6.He/c1-63-49-33-29-41(30-34-49)39-21-25-45(26-22-39)59(61)65-57-51-19-11-9-17-47(51)37-53(43-13-5-3-6-14-43)55(57)56-54(44-15-7-4-8-16-44)38-48-18-10-12-20-52(48)58(56)66-60(62)46-27-23-40(24-28-46)42-31-35-50(64-2)36-32-42;/h3-38H,1-2H3;. The van der Waals surface area contributed by atoms with E-state index in [0.29, 0.717) is 44.5 Å². The molecule has 0 aliphatic carbocycles. The number of carbonyl (C=O) groups excluding carboxylic acids is 2. The van der Waals surface area contributed by atoms with Crippen molar-refractivity contribution in [2.45, 2.75) is 0 Å². The van der Waals surface area contributed by atoms with Gasteiger partial charge in [-0.15, -0.1) is 0 Å². The second-order valence-corrected chi connectivity index (χ2v) is 15.8. The maximum absolute atomic E-state index is 14.7. The van der Waals surface area contributed by atoms with Gasteiger partial charge in [0.15, 0.2) is 0 Å². The van der Waals surface area contributed by atoms with Crippen LogP contribution in [0.25, 0.3) is 77.2 Å². The summed E-state index contributed by atoms with van der Waals surface area (Å²) in [5, 5.41) is 3.17. The molecule has 10 aromatic rings. The Kier molecular flexibility index (Phi) is 12.4. The summed E-state index contributed by atoms with van der Waals surface area (Å²) in [7, 11) is 3.28. The maximum Gasteiger partial charge on any atom is 0.343 e. The number of benzene rings is 10. The Balaban J connectivity index is 0.00000562. The molecule has 0 amide bonds. The largest absolute Gasteiger partial charge is 0.497 e. The summed E-state index contributed by atoms with van der Waals surface area (Å²) in [5.41, 5.74) is 9.17. The molecule has 67 heavy (non-hydrogen) atoms. The van der Waals surface area contributed by atoms with Gasteiger partial charge in [-0.3, -0.25) is 0 Å². The molecular weight excluding hydrogens is 821 g/mol. The van der Waals surface area contributed by atoms with Crippen molar-refractivity contribution < 1.29 is 34.7 Å². The number of hydrogen-bond donors (Lipinski definition) is 0. The van der Waals surface area contributed by atoms with E-state index >= 15 is 0 Å². The summed E-state index contributed by atoms with van der Waals surface area (Å²) in [6, 6.07) is 70.4. The Hall–Kier alpha value is -8.83. The van der Waals surface area contributed by atoms with Gasteiger partial charge in [0, 0.05) is 28.0 Å². The number of esters is 2. The van der Waals surface area contributed by atoms with Crippen molar-refractivity contribution in [1.29, 1.82) is 0 Å². The zero-order chi connectivity index (χ0) is 45.0. The molecule has 0 fully saturated rings. The zero-order valence-corrected chi connectivity index (χ0v) is 36.9. The zero-order valence-electron chi connectivity index (χ0n) is 36.9. The Morgan fingerprint density at radius 2 is 0.657 bits per heavy atom. The van der Waals surface area contributed by atoms with Crippen LogP contribution in [0.2, 0.25) is 0 Å². The first-order chi connectivity index (χ1) is 32.4. The molecule has 0 aromatic heterocycles. The van der Waals surface area contributed by atoms with E-state index in [9.17, 15) is 9.59 Å². The van der Waals surface area contributed by atoms with Gasteiger partial charge in [-0.1, -0.05) is 158 Å². The minimum atomic E-state index is -0.537. The third-order valence-corrected chi connectivity index (χ3v) is 11.9. The third kappa shape index (κ3) is 8.73. The first-order valence-corrected chi connectivity index (χ1v) is 21.6. The monoisotopic (exact) mass is 862 g/mol. The molecule has 0 saturated carbocycles. The van der Waals surface area contributed by atoms with Crippen molar-refractivity contribution in [2.24, 2.45) is 0 Å². The van der Waals surface area contributed by atoms with Crippen molar-refractivity contribution in [3.8, 4) is 78.6 Å². The fourth-order valence-electron chi connectivity index (χ4n) is 8.50. The molecule has 0 unspecified atom stereocenters. The molecule has 0 aliphatic heterocycles. The molecule has 0 N–H and O–H groups in total. The van der Waals surface area contributed by atoms with Gasteiger partial charge in [-0.05, 0) is 116 Å². The maximum atomic E-state index is 14.7. The molecule has 7 heteroatoms. The summed E-state index contributed by atoms with van der Waals surface area (Å²) >= 11 is 0. The summed E-state index contributed by atoms with van der Waals surface area (Å²) in [6.07, 6.45) is 0. The Bertz CT molecular complexity index is 3140. The van der Waals surface area contributed by atoms with Gasteiger partial charge in [0.05, 0.1) is 25.3 Å². The SMILES string of the molecule is COc1ccc(-c2ccc(C(=O)Oc3c(-c4c(-c5ccccc5)cc5ccccc5c4OC(=O)c4ccc(-c5ccc(OC)cc5)cc4)c(-c4ccccc4)cc4ccccc34)cc2)cc1.[He]. The molecule has 0 saturated heterocycles. The minimum absolute atomic E-state index is 0. The normalized spacial score (nSPS) is 10.8. The molecule has 0 heterocycles. The number of hydrogen-bond acceptors (Lipinski definition) is 6. The van der Waals surface area contributed by atoms with E-state index in [0.717, 1.165) is 66.8 Å². The first-order valence-electron chi connectivity index (χ1n) is 21.6. The Labute approximate surface area is 389 Å². The van der Waals surface area contributed by atoms with Crippen LogP contribution < -0.4 is 18.9 Å². The number of ether oxygens (including phenoxy) is 4. The molecule has 320 valence electrons.